The highest BCUT2D eigenvalue weighted by Gasteiger charge is 2.42. The molecule has 0 unspecified atom stereocenters. The van der Waals surface area contributed by atoms with Crippen molar-refractivity contribution in [3.8, 4) is 0 Å². The number of nitrogens with zero attached hydrogens (tertiary/aromatic N) is 1. The topological polar surface area (TPSA) is 48.9 Å². The van der Waals surface area contributed by atoms with Crippen LogP contribution in [0.15, 0.2) is 23.2 Å². The van der Waals surface area contributed by atoms with E-state index in [1.807, 2.05) is 18.5 Å². The van der Waals surface area contributed by atoms with Gasteiger partial charge in [-0.2, -0.15) is 5.10 Å². The van der Waals surface area contributed by atoms with Crippen molar-refractivity contribution >= 4 is 22.7 Å². The number of aromatic amines is 1. The Bertz CT molecular complexity index is 516. The van der Waals surface area contributed by atoms with Crippen molar-refractivity contribution in [2.45, 2.75) is 23.3 Å². The summed E-state index contributed by atoms with van der Waals surface area (Å²) in [4.78, 5) is 1.15. The zero-order valence-corrected chi connectivity index (χ0v) is 9.27. The van der Waals surface area contributed by atoms with Crippen LogP contribution in [-0.4, -0.2) is 21.6 Å². The summed E-state index contributed by atoms with van der Waals surface area (Å²) in [6.07, 6.45) is 5.61. The number of H-pyrrole nitrogens is 1. The maximum Gasteiger partial charge on any atom is 0.0899 e. The molecule has 0 atom stereocenters. The second-order valence-electron chi connectivity index (χ2n) is 4.04. The summed E-state index contributed by atoms with van der Waals surface area (Å²) in [7, 11) is 0. The van der Waals surface area contributed by atoms with Crippen LogP contribution in [0.1, 0.15) is 18.4 Å². The molecule has 3 nitrogen and oxygen atoms in total. The molecule has 0 saturated heterocycles. The second-order valence-corrected chi connectivity index (χ2v) is 4.89. The van der Waals surface area contributed by atoms with Crippen LogP contribution in [-0.2, 0) is 5.60 Å². The summed E-state index contributed by atoms with van der Waals surface area (Å²) in [6.45, 7) is 0. The van der Waals surface area contributed by atoms with Gasteiger partial charge >= 0.3 is 0 Å². The average Bonchev–Trinajstić information content (AvgIpc) is 2.82. The third kappa shape index (κ3) is 1.36. The molecule has 78 valence electrons. The molecule has 0 radical (unpaired) electrons. The summed E-state index contributed by atoms with van der Waals surface area (Å²) in [6, 6.07) is 4.10. The van der Waals surface area contributed by atoms with Crippen molar-refractivity contribution in [2.75, 3.05) is 6.26 Å². The number of aromatic nitrogens is 2. The first-order valence-electron chi connectivity index (χ1n) is 4.97. The number of hydrogen-bond acceptors (Lipinski definition) is 3. The van der Waals surface area contributed by atoms with E-state index >= 15 is 0 Å². The van der Waals surface area contributed by atoms with Crippen molar-refractivity contribution in [3.05, 3.63) is 23.9 Å². The van der Waals surface area contributed by atoms with Gasteiger partial charge in [0.2, 0.25) is 0 Å². The normalized spacial score (nSPS) is 18.3. The van der Waals surface area contributed by atoms with E-state index in [1.54, 1.807) is 11.8 Å². The number of benzene rings is 1. The third-order valence-corrected chi connectivity index (χ3v) is 3.76. The minimum atomic E-state index is -0.560. The molecular formula is C11H12N2OS. The molecule has 0 spiro atoms. The van der Waals surface area contributed by atoms with Gasteiger partial charge in [0.1, 0.15) is 0 Å². The van der Waals surface area contributed by atoms with Crippen molar-refractivity contribution in [2.24, 2.45) is 0 Å². The predicted octanol–water partition coefficient (Wildman–Crippen LogP) is 2.27. The number of rotatable bonds is 2. The lowest BCUT2D eigenvalue weighted by Gasteiger charge is -2.10. The predicted molar refractivity (Wildman–Crippen MR) is 61.0 cm³/mol. The molecule has 0 bridgehead atoms. The summed E-state index contributed by atoms with van der Waals surface area (Å²) in [5.74, 6) is 0. The van der Waals surface area contributed by atoms with E-state index in [-0.39, 0.29) is 0 Å². The molecule has 3 rings (SSSR count). The molecule has 1 aliphatic carbocycles. The van der Waals surface area contributed by atoms with Crippen molar-refractivity contribution < 1.29 is 5.11 Å². The fourth-order valence-corrected chi connectivity index (χ4v) is 2.47. The maximum absolute atomic E-state index is 10.1. The van der Waals surface area contributed by atoms with Gasteiger partial charge in [0.15, 0.2) is 0 Å². The molecule has 0 aliphatic heterocycles. The van der Waals surface area contributed by atoms with Gasteiger partial charge in [0, 0.05) is 10.3 Å². The minimum Gasteiger partial charge on any atom is -0.385 e. The first kappa shape index (κ1) is 9.24. The van der Waals surface area contributed by atoms with E-state index in [4.69, 9.17) is 0 Å². The van der Waals surface area contributed by atoms with E-state index < -0.39 is 5.60 Å². The van der Waals surface area contributed by atoms with Crippen LogP contribution >= 0.6 is 11.8 Å². The summed E-state index contributed by atoms with van der Waals surface area (Å²) in [5.41, 5.74) is 1.53. The van der Waals surface area contributed by atoms with Gasteiger partial charge in [-0.25, -0.2) is 0 Å². The highest BCUT2D eigenvalue weighted by molar-refractivity contribution is 7.98. The molecule has 2 N–H and O–H groups in total. The molecule has 1 aromatic carbocycles. The first-order chi connectivity index (χ1) is 7.23. The van der Waals surface area contributed by atoms with Crippen LogP contribution in [0, 0.1) is 0 Å². The fourth-order valence-electron chi connectivity index (χ4n) is 1.86. The molecule has 0 amide bonds. The Labute approximate surface area is 91.9 Å². The van der Waals surface area contributed by atoms with E-state index in [0.717, 1.165) is 34.2 Å². The Morgan fingerprint density at radius 3 is 2.93 bits per heavy atom. The van der Waals surface area contributed by atoms with Crippen LogP contribution in [0.5, 0.6) is 0 Å². The van der Waals surface area contributed by atoms with Crippen LogP contribution in [0.25, 0.3) is 10.9 Å². The van der Waals surface area contributed by atoms with Gasteiger partial charge in [-0.05, 0) is 36.8 Å². The summed E-state index contributed by atoms with van der Waals surface area (Å²) < 4.78 is 0. The fraction of sp³-hybridized carbons (Fsp3) is 0.364. The van der Waals surface area contributed by atoms with E-state index in [1.165, 1.54) is 0 Å². The Balaban J connectivity index is 2.24. The molecule has 2 aromatic rings. The van der Waals surface area contributed by atoms with Crippen molar-refractivity contribution in [3.63, 3.8) is 0 Å². The number of fused-ring (bicyclic) bond motifs is 1. The van der Waals surface area contributed by atoms with Crippen molar-refractivity contribution in [1.29, 1.82) is 0 Å². The molecule has 1 fully saturated rings. The number of aliphatic hydroxyl groups is 1. The van der Waals surface area contributed by atoms with E-state index in [9.17, 15) is 5.11 Å². The van der Waals surface area contributed by atoms with E-state index in [0.29, 0.717) is 0 Å². The van der Waals surface area contributed by atoms with Crippen LogP contribution < -0.4 is 0 Å². The van der Waals surface area contributed by atoms with Gasteiger partial charge in [-0.1, -0.05) is 0 Å². The van der Waals surface area contributed by atoms with Gasteiger partial charge in [-0.15, -0.1) is 11.8 Å². The highest BCUT2D eigenvalue weighted by Crippen LogP contribution is 2.46. The van der Waals surface area contributed by atoms with Crippen molar-refractivity contribution in [1.82, 2.24) is 10.2 Å². The molecule has 1 saturated carbocycles. The molecule has 4 heteroatoms. The van der Waals surface area contributed by atoms with Gasteiger partial charge < -0.3 is 5.11 Å². The summed E-state index contributed by atoms with van der Waals surface area (Å²) >= 11 is 1.68. The smallest absolute Gasteiger partial charge is 0.0899 e. The van der Waals surface area contributed by atoms with Crippen LogP contribution in [0.3, 0.4) is 0 Å². The molecule has 1 heterocycles. The van der Waals surface area contributed by atoms with Crippen LogP contribution in [0.2, 0.25) is 0 Å². The third-order valence-electron chi connectivity index (χ3n) is 2.99. The Kier molecular flexibility index (Phi) is 1.85. The van der Waals surface area contributed by atoms with Crippen LogP contribution in [0.4, 0.5) is 0 Å². The monoisotopic (exact) mass is 220 g/mol. The zero-order valence-electron chi connectivity index (χ0n) is 8.45. The molecule has 1 aromatic heterocycles. The Hall–Kier alpha value is -1.00. The highest BCUT2D eigenvalue weighted by atomic mass is 32.2. The second kappa shape index (κ2) is 3.00. The zero-order chi connectivity index (χ0) is 10.5. The molecular weight excluding hydrogens is 208 g/mol. The number of thioether (sulfide) groups is 1. The first-order valence-corrected chi connectivity index (χ1v) is 6.19. The summed E-state index contributed by atoms with van der Waals surface area (Å²) in [5, 5.41) is 18.2. The maximum atomic E-state index is 10.1. The standard InChI is InChI=1S/C11H12N2OS/c1-15-9-5-8(11(14)2-3-11)4-7-6-12-13-10(7)9/h4-6,14H,2-3H2,1H3,(H,12,13). The lowest BCUT2D eigenvalue weighted by atomic mass is 10.1. The Morgan fingerprint density at radius 2 is 2.27 bits per heavy atom. The number of hydrogen-bond donors (Lipinski definition) is 2. The van der Waals surface area contributed by atoms with Gasteiger partial charge in [0.25, 0.3) is 0 Å². The van der Waals surface area contributed by atoms with E-state index in [2.05, 4.69) is 16.3 Å². The van der Waals surface area contributed by atoms with Gasteiger partial charge in [0.05, 0.1) is 17.3 Å². The largest absolute Gasteiger partial charge is 0.385 e. The minimum absolute atomic E-state index is 0.560. The molecule has 15 heavy (non-hydrogen) atoms. The lowest BCUT2D eigenvalue weighted by Crippen LogP contribution is -2.03. The Morgan fingerprint density at radius 1 is 1.47 bits per heavy atom. The number of nitrogens with one attached hydrogen (secondary N) is 1. The average molecular weight is 220 g/mol. The lowest BCUT2D eigenvalue weighted by molar-refractivity contribution is 0.151. The van der Waals surface area contributed by atoms with Gasteiger partial charge in [-0.3, -0.25) is 5.10 Å². The molecule has 1 aliphatic rings. The SMILES string of the molecule is CSc1cc(C2(O)CC2)cc2cn[nH]c12. The quantitative estimate of drug-likeness (QED) is 0.763.